The van der Waals surface area contributed by atoms with Crippen LogP contribution in [0.15, 0.2) is 133 Å². The van der Waals surface area contributed by atoms with Crippen LogP contribution in [0.2, 0.25) is 0 Å². The standard InChI is InChI=1S/C36H29N3O5/c37-34(41)29-12-7-13-30(22-29)38-36(43)32(25-18-20-31(21-19-25)44-23-24-8-3-1-4-9-24)39-35(42)28-16-14-27(15-17-28)33(40)26-10-5-2-6-11-26/h1-22,32H,23H2,(H2,37,41)(H,38,43)(H,39,42)/t32-/m0/s1. The number of hydrogen-bond donors (Lipinski definition) is 3. The van der Waals surface area contributed by atoms with E-state index in [0.717, 1.165) is 5.56 Å². The van der Waals surface area contributed by atoms with E-state index in [1.807, 2.05) is 36.4 Å². The molecule has 0 bridgehead atoms. The molecule has 0 aliphatic carbocycles. The topological polar surface area (TPSA) is 128 Å². The Kier molecular flexibility index (Phi) is 9.22. The highest BCUT2D eigenvalue weighted by molar-refractivity contribution is 6.09. The smallest absolute Gasteiger partial charge is 0.252 e. The lowest BCUT2D eigenvalue weighted by Crippen LogP contribution is -2.37. The number of hydrogen-bond acceptors (Lipinski definition) is 5. The summed E-state index contributed by atoms with van der Waals surface area (Å²) in [6.45, 7) is 0.375. The number of nitrogens with two attached hydrogens (primary N) is 1. The fraction of sp³-hybridized carbons (Fsp3) is 0.0556. The van der Waals surface area contributed by atoms with Crippen molar-refractivity contribution in [1.82, 2.24) is 5.32 Å². The van der Waals surface area contributed by atoms with Crippen molar-refractivity contribution in [3.8, 4) is 5.75 Å². The van der Waals surface area contributed by atoms with E-state index in [1.165, 1.54) is 24.3 Å². The second-order valence-electron chi connectivity index (χ2n) is 9.96. The van der Waals surface area contributed by atoms with E-state index in [1.54, 1.807) is 72.8 Å². The molecule has 0 heterocycles. The van der Waals surface area contributed by atoms with Crippen LogP contribution >= 0.6 is 0 Å². The number of carbonyl (C=O) groups is 4. The number of carbonyl (C=O) groups excluding carboxylic acids is 4. The van der Waals surface area contributed by atoms with Gasteiger partial charge in [0.15, 0.2) is 5.78 Å². The van der Waals surface area contributed by atoms with E-state index in [0.29, 0.717) is 34.7 Å². The molecule has 0 aliphatic heterocycles. The Morgan fingerprint density at radius 1 is 0.636 bits per heavy atom. The fourth-order valence-corrected chi connectivity index (χ4v) is 4.51. The highest BCUT2D eigenvalue weighted by atomic mass is 16.5. The third-order valence-corrected chi connectivity index (χ3v) is 6.86. The summed E-state index contributed by atoms with van der Waals surface area (Å²) in [6.07, 6.45) is 0. The van der Waals surface area contributed by atoms with Crippen LogP contribution in [0.25, 0.3) is 0 Å². The largest absolute Gasteiger partial charge is 0.489 e. The summed E-state index contributed by atoms with van der Waals surface area (Å²) in [6, 6.07) is 36.8. The van der Waals surface area contributed by atoms with Gasteiger partial charge in [-0.25, -0.2) is 0 Å². The first kappa shape index (κ1) is 29.5. The normalized spacial score (nSPS) is 11.2. The molecule has 5 aromatic rings. The molecule has 0 unspecified atom stereocenters. The summed E-state index contributed by atoms with van der Waals surface area (Å²) in [5, 5.41) is 5.56. The number of nitrogens with one attached hydrogen (secondary N) is 2. The Balaban J connectivity index is 1.35. The average molecular weight is 584 g/mol. The van der Waals surface area contributed by atoms with E-state index in [2.05, 4.69) is 10.6 Å². The molecule has 3 amide bonds. The molecule has 218 valence electrons. The molecule has 1 atom stereocenters. The molecule has 0 saturated carbocycles. The van der Waals surface area contributed by atoms with Crippen molar-refractivity contribution in [2.24, 2.45) is 5.73 Å². The second-order valence-corrected chi connectivity index (χ2v) is 9.96. The van der Waals surface area contributed by atoms with Crippen molar-refractivity contribution in [2.45, 2.75) is 12.6 Å². The molecular formula is C36H29N3O5. The number of anilines is 1. The van der Waals surface area contributed by atoms with Crippen LogP contribution in [-0.2, 0) is 11.4 Å². The van der Waals surface area contributed by atoms with Gasteiger partial charge in [-0.2, -0.15) is 0 Å². The summed E-state index contributed by atoms with van der Waals surface area (Å²) >= 11 is 0. The maximum absolute atomic E-state index is 13.5. The first-order valence-electron chi connectivity index (χ1n) is 13.9. The van der Waals surface area contributed by atoms with Crippen LogP contribution < -0.4 is 21.1 Å². The van der Waals surface area contributed by atoms with Crippen LogP contribution in [0.3, 0.4) is 0 Å². The van der Waals surface area contributed by atoms with E-state index in [-0.39, 0.29) is 16.9 Å². The van der Waals surface area contributed by atoms with Crippen molar-refractivity contribution in [1.29, 1.82) is 0 Å². The van der Waals surface area contributed by atoms with Gasteiger partial charge in [0.1, 0.15) is 18.4 Å². The monoisotopic (exact) mass is 583 g/mol. The van der Waals surface area contributed by atoms with Crippen molar-refractivity contribution >= 4 is 29.2 Å². The van der Waals surface area contributed by atoms with Gasteiger partial charge in [-0.3, -0.25) is 19.2 Å². The molecule has 0 spiro atoms. The van der Waals surface area contributed by atoms with Crippen LogP contribution in [0, 0.1) is 0 Å². The lowest BCUT2D eigenvalue weighted by atomic mass is 10.0. The van der Waals surface area contributed by atoms with Gasteiger partial charge in [-0.1, -0.05) is 91.0 Å². The second kappa shape index (κ2) is 13.8. The SMILES string of the molecule is NC(=O)c1cccc(NC(=O)[C@@H](NC(=O)c2ccc(C(=O)c3ccccc3)cc2)c2ccc(OCc3ccccc3)cc2)c1. The zero-order valence-corrected chi connectivity index (χ0v) is 23.6. The average Bonchev–Trinajstić information content (AvgIpc) is 3.07. The number of ether oxygens (including phenoxy) is 1. The van der Waals surface area contributed by atoms with Gasteiger partial charge in [0, 0.05) is 27.9 Å². The van der Waals surface area contributed by atoms with E-state index >= 15 is 0 Å². The van der Waals surface area contributed by atoms with Gasteiger partial charge in [0.2, 0.25) is 5.91 Å². The minimum absolute atomic E-state index is 0.164. The van der Waals surface area contributed by atoms with Gasteiger partial charge in [-0.15, -0.1) is 0 Å². The van der Waals surface area contributed by atoms with E-state index in [4.69, 9.17) is 10.5 Å². The van der Waals surface area contributed by atoms with Gasteiger partial charge in [-0.05, 0) is 53.6 Å². The van der Waals surface area contributed by atoms with Crippen LogP contribution in [-0.4, -0.2) is 23.5 Å². The minimum atomic E-state index is -1.10. The highest BCUT2D eigenvalue weighted by Gasteiger charge is 2.24. The summed E-state index contributed by atoms with van der Waals surface area (Å²) in [7, 11) is 0. The Labute approximate surface area is 254 Å². The molecule has 8 nitrogen and oxygen atoms in total. The Morgan fingerprint density at radius 3 is 1.89 bits per heavy atom. The number of primary amides is 1. The maximum atomic E-state index is 13.5. The van der Waals surface area contributed by atoms with Gasteiger partial charge in [0.05, 0.1) is 0 Å². The van der Waals surface area contributed by atoms with Crippen molar-refractivity contribution in [3.05, 3.63) is 167 Å². The highest BCUT2D eigenvalue weighted by Crippen LogP contribution is 2.22. The van der Waals surface area contributed by atoms with E-state index in [9.17, 15) is 19.2 Å². The van der Waals surface area contributed by atoms with E-state index < -0.39 is 23.8 Å². The molecular weight excluding hydrogens is 554 g/mol. The third-order valence-electron chi connectivity index (χ3n) is 6.86. The molecule has 0 aromatic heterocycles. The van der Waals surface area contributed by atoms with Crippen molar-refractivity contribution in [2.75, 3.05) is 5.32 Å². The Hall–Kier alpha value is -6.02. The summed E-state index contributed by atoms with van der Waals surface area (Å²) in [5.41, 5.74) is 8.72. The number of rotatable bonds is 11. The first-order chi connectivity index (χ1) is 21.4. The molecule has 8 heteroatoms. The molecule has 0 aliphatic rings. The van der Waals surface area contributed by atoms with Crippen LogP contribution in [0.4, 0.5) is 5.69 Å². The molecule has 5 rings (SSSR count). The molecule has 0 fully saturated rings. The molecule has 0 saturated heterocycles. The molecule has 5 aromatic carbocycles. The molecule has 0 radical (unpaired) electrons. The lowest BCUT2D eigenvalue weighted by molar-refractivity contribution is -0.118. The fourth-order valence-electron chi connectivity index (χ4n) is 4.51. The van der Waals surface area contributed by atoms with Gasteiger partial charge < -0.3 is 21.1 Å². The lowest BCUT2D eigenvalue weighted by Gasteiger charge is -2.20. The zero-order chi connectivity index (χ0) is 30.9. The maximum Gasteiger partial charge on any atom is 0.252 e. The molecule has 4 N–H and O–H groups in total. The summed E-state index contributed by atoms with van der Waals surface area (Å²) in [4.78, 5) is 51.3. The van der Waals surface area contributed by atoms with Crippen LogP contribution in [0.1, 0.15) is 53.8 Å². The Bertz CT molecular complexity index is 1770. The predicted molar refractivity (Wildman–Crippen MR) is 167 cm³/mol. The quantitative estimate of drug-likeness (QED) is 0.172. The summed E-state index contributed by atoms with van der Waals surface area (Å²) < 4.78 is 5.87. The number of benzene rings is 5. The van der Waals surface area contributed by atoms with Gasteiger partial charge in [0.25, 0.3) is 11.8 Å². The van der Waals surface area contributed by atoms with Crippen LogP contribution in [0.5, 0.6) is 5.75 Å². The number of amides is 3. The number of ketones is 1. The first-order valence-corrected chi connectivity index (χ1v) is 13.9. The zero-order valence-electron chi connectivity index (χ0n) is 23.6. The summed E-state index contributed by atoms with van der Waals surface area (Å²) in [5.74, 6) is -1.25. The van der Waals surface area contributed by atoms with Crippen molar-refractivity contribution in [3.63, 3.8) is 0 Å². The molecule has 44 heavy (non-hydrogen) atoms. The Morgan fingerprint density at radius 2 is 1.23 bits per heavy atom. The minimum Gasteiger partial charge on any atom is -0.489 e. The third kappa shape index (κ3) is 7.43. The van der Waals surface area contributed by atoms with Gasteiger partial charge >= 0.3 is 0 Å². The predicted octanol–water partition coefficient (Wildman–Crippen LogP) is 5.71. The van der Waals surface area contributed by atoms with Crippen molar-refractivity contribution < 1.29 is 23.9 Å².